The monoisotopic (exact) mass is 454 g/mol. The summed E-state index contributed by atoms with van der Waals surface area (Å²) in [5.74, 6) is 0.623. The van der Waals surface area contributed by atoms with Crippen molar-refractivity contribution in [2.75, 3.05) is 5.32 Å². The van der Waals surface area contributed by atoms with Crippen LogP contribution in [0.3, 0.4) is 0 Å². The summed E-state index contributed by atoms with van der Waals surface area (Å²) in [5, 5.41) is 25.9. The molecular formula is C22H23ClN6OS. The fraction of sp³-hybridized carbons (Fsp3) is 0.409. The number of carbonyl (C=O) groups excluding carboxylic acids is 1. The van der Waals surface area contributed by atoms with Gasteiger partial charge in [-0.1, -0.05) is 44.5 Å². The van der Waals surface area contributed by atoms with Crippen molar-refractivity contribution in [1.82, 2.24) is 20.2 Å². The standard InChI is InChI=1S/C22H23ClN6OS/c1-22(2,3)13-8-9-14-16(11-24)21(31-18(14)10-13)25-19(30)12-29-27-20(26-28-29)15-6-4-5-7-17(15)23/h4-7,13H,8-10,12H2,1-3H3,(H,25,30)/t13-/m0/s1. The Balaban J connectivity index is 1.48. The van der Waals surface area contributed by atoms with Gasteiger partial charge in [0.05, 0.1) is 10.6 Å². The maximum atomic E-state index is 12.6. The number of anilines is 1. The molecule has 9 heteroatoms. The molecule has 7 nitrogen and oxygen atoms in total. The predicted octanol–water partition coefficient (Wildman–Crippen LogP) is 4.72. The van der Waals surface area contributed by atoms with E-state index in [9.17, 15) is 10.1 Å². The lowest BCUT2D eigenvalue weighted by Gasteiger charge is -2.33. The number of hydrogen-bond acceptors (Lipinski definition) is 6. The number of tetrazole rings is 1. The molecule has 0 fully saturated rings. The molecule has 1 amide bonds. The molecule has 0 unspecified atom stereocenters. The van der Waals surface area contributed by atoms with Crippen LogP contribution in [0, 0.1) is 22.7 Å². The Labute approximate surface area is 190 Å². The van der Waals surface area contributed by atoms with Crippen molar-refractivity contribution in [3.63, 3.8) is 0 Å². The van der Waals surface area contributed by atoms with Gasteiger partial charge in [0.2, 0.25) is 11.7 Å². The highest BCUT2D eigenvalue weighted by Crippen LogP contribution is 2.44. The first-order valence-electron chi connectivity index (χ1n) is 10.1. The molecule has 0 aliphatic heterocycles. The molecule has 0 radical (unpaired) electrons. The molecule has 160 valence electrons. The number of fused-ring (bicyclic) bond motifs is 1. The number of benzene rings is 1. The van der Waals surface area contributed by atoms with Gasteiger partial charge in [-0.2, -0.15) is 10.1 Å². The highest BCUT2D eigenvalue weighted by molar-refractivity contribution is 7.16. The first-order chi connectivity index (χ1) is 14.8. The van der Waals surface area contributed by atoms with Gasteiger partial charge in [0.15, 0.2) is 0 Å². The molecule has 0 spiro atoms. The van der Waals surface area contributed by atoms with E-state index in [2.05, 4.69) is 47.6 Å². The van der Waals surface area contributed by atoms with Gasteiger partial charge in [0.25, 0.3) is 0 Å². The number of halogens is 1. The topological polar surface area (TPSA) is 96.5 Å². The fourth-order valence-corrected chi connectivity index (χ4v) is 5.40. The molecule has 1 aromatic carbocycles. The van der Waals surface area contributed by atoms with Gasteiger partial charge in [-0.15, -0.1) is 21.5 Å². The Morgan fingerprint density at radius 3 is 2.87 bits per heavy atom. The second kappa shape index (κ2) is 8.40. The van der Waals surface area contributed by atoms with E-state index in [0.29, 0.717) is 32.9 Å². The van der Waals surface area contributed by atoms with E-state index in [1.807, 2.05) is 12.1 Å². The lowest BCUT2D eigenvalue weighted by atomic mass is 9.72. The average molecular weight is 455 g/mol. The van der Waals surface area contributed by atoms with Crippen LogP contribution in [0.15, 0.2) is 24.3 Å². The number of nitriles is 1. The van der Waals surface area contributed by atoms with Crippen LogP contribution >= 0.6 is 22.9 Å². The average Bonchev–Trinajstić information content (AvgIpc) is 3.30. The molecule has 1 atom stereocenters. The number of rotatable bonds is 4. The van der Waals surface area contributed by atoms with Crippen molar-refractivity contribution < 1.29 is 4.79 Å². The van der Waals surface area contributed by atoms with Crippen LogP contribution in [0.1, 0.15) is 43.2 Å². The zero-order chi connectivity index (χ0) is 22.2. The molecular weight excluding hydrogens is 432 g/mol. The van der Waals surface area contributed by atoms with Crippen LogP contribution in [0.4, 0.5) is 5.00 Å². The van der Waals surface area contributed by atoms with E-state index in [0.717, 1.165) is 24.8 Å². The van der Waals surface area contributed by atoms with Gasteiger partial charge < -0.3 is 5.32 Å². The van der Waals surface area contributed by atoms with Crippen molar-refractivity contribution >= 4 is 33.8 Å². The van der Waals surface area contributed by atoms with Crippen LogP contribution in [-0.2, 0) is 24.2 Å². The van der Waals surface area contributed by atoms with E-state index < -0.39 is 0 Å². The number of hydrogen-bond donors (Lipinski definition) is 1. The van der Waals surface area contributed by atoms with Gasteiger partial charge in [-0.05, 0) is 53.5 Å². The number of nitrogens with zero attached hydrogens (tertiary/aromatic N) is 5. The molecule has 2 aromatic heterocycles. The van der Waals surface area contributed by atoms with Gasteiger partial charge >= 0.3 is 0 Å². The lowest BCUT2D eigenvalue weighted by Crippen LogP contribution is -2.26. The number of nitrogens with one attached hydrogen (secondary N) is 1. The first-order valence-corrected chi connectivity index (χ1v) is 11.3. The summed E-state index contributed by atoms with van der Waals surface area (Å²) in [6.45, 7) is 6.67. The zero-order valence-corrected chi connectivity index (χ0v) is 19.2. The van der Waals surface area contributed by atoms with Crippen molar-refractivity contribution in [3.05, 3.63) is 45.3 Å². The molecule has 1 N–H and O–H groups in total. The number of carbonyl (C=O) groups is 1. The third kappa shape index (κ3) is 4.48. The smallest absolute Gasteiger partial charge is 0.248 e. The number of thiophene rings is 1. The molecule has 1 aliphatic carbocycles. The highest BCUT2D eigenvalue weighted by Gasteiger charge is 2.32. The van der Waals surface area contributed by atoms with Crippen molar-refractivity contribution in [1.29, 1.82) is 5.26 Å². The van der Waals surface area contributed by atoms with E-state index in [1.54, 1.807) is 12.1 Å². The number of amides is 1. The Morgan fingerprint density at radius 2 is 2.16 bits per heavy atom. The summed E-state index contributed by atoms with van der Waals surface area (Å²) in [7, 11) is 0. The lowest BCUT2D eigenvalue weighted by molar-refractivity contribution is -0.117. The SMILES string of the molecule is CC(C)(C)[C@H]1CCc2c(sc(NC(=O)Cn3nnc(-c4ccccc4Cl)n3)c2C#N)C1. The minimum Gasteiger partial charge on any atom is -0.315 e. The summed E-state index contributed by atoms with van der Waals surface area (Å²) in [6, 6.07) is 9.49. The molecule has 2 heterocycles. The van der Waals surface area contributed by atoms with Crippen molar-refractivity contribution in [2.45, 2.75) is 46.6 Å². The minimum absolute atomic E-state index is 0.102. The molecule has 0 saturated heterocycles. The highest BCUT2D eigenvalue weighted by atomic mass is 35.5. The van der Waals surface area contributed by atoms with Gasteiger partial charge in [-0.25, -0.2) is 0 Å². The maximum absolute atomic E-state index is 12.6. The third-order valence-corrected chi connectivity index (χ3v) is 7.21. The van der Waals surface area contributed by atoms with E-state index >= 15 is 0 Å². The maximum Gasteiger partial charge on any atom is 0.248 e. The Morgan fingerprint density at radius 1 is 1.39 bits per heavy atom. The molecule has 0 saturated carbocycles. The van der Waals surface area contributed by atoms with Crippen LogP contribution in [-0.4, -0.2) is 26.1 Å². The number of aromatic nitrogens is 4. The zero-order valence-electron chi connectivity index (χ0n) is 17.6. The summed E-state index contributed by atoms with van der Waals surface area (Å²) < 4.78 is 0. The van der Waals surface area contributed by atoms with Crippen LogP contribution in [0.5, 0.6) is 0 Å². The fourth-order valence-electron chi connectivity index (χ4n) is 3.89. The largest absolute Gasteiger partial charge is 0.315 e. The second-order valence-electron chi connectivity index (χ2n) is 8.80. The molecule has 1 aliphatic rings. The quantitative estimate of drug-likeness (QED) is 0.615. The summed E-state index contributed by atoms with van der Waals surface area (Å²) in [5.41, 5.74) is 2.55. The molecule has 0 bridgehead atoms. The summed E-state index contributed by atoms with van der Waals surface area (Å²) in [4.78, 5) is 15.1. The summed E-state index contributed by atoms with van der Waals surface area (Å²) in [6.07, 6.45) is 2.88. The Hall–Kier alpha value is -2.76. The van der Waals surface area contributed by atoms with Gasteiger partial charge in [0.1, 0.15) is 17.6 Å². The van der Waals surface area contributed by atoms with E-state index in [4.69, 9.17) is 11.6 Å². The Bertz CT molecular complexity index is 1170. The summed E-state index contributed by atoms with van der Waals surface area (Å²) >= 11 is 7.69. The minimum atomic E-state index is -0.300. The normalized spacial score (nSPS) is 15.9. The molecule has 3 aromatic rings. The van der Waals surface area contributed by atoms with Crippen LogP contribution in [0.2, 0.25) is 5.02 Å². The van der Waals surface area contributed by atoms with E-state index in [1.165, 1.54) is 21.0 Å². The van der Waals surface area contributed by atoms with Crippen LogP contribution < -0.4 is 5.32 Å². The van der Waals surface area contributed by atoms with Crippen molar-refractivity contribution in [2.24, 2.45) is 11.3 Å². The predicted molar refractivity (Wildman–Crippen MR) is 121 cm³/mol. The second-order valence-corrected chi connectivity index (χ2v) is 10.3. The third-order valence-electron chi connectivity index (χ3n) is 5.71. The Kier molecular flexibility index (Phi) is 5.82. The first kappa shape index (κ1) is 21.5. The van der Waals surface area contributed by atoms with Gasteiger partial charge in [0, 0.05) is 10.4 Å². The van der Waals surface area contributed by atoms with Crippen molar-refractivity contribution in [3.8, 4) is 17.5 Å². The van der Waals surface area contributed by atoms with Gasteiger partial charge in [-0.3, -0.25) is 4.79 Å². The molecule has 31 heavy (non-hydrogen) atoms. The van der Waals surface area contributed by atoms with Crippen LogP contribution in [0.25, 0.3) is 11.4 Å². The van der Waals surface area contributed by atoms with E-state index in [-0.39, 0.29) is 17.9 Å². The molecule has 4 rings (SSSR count).